The monoisotopic (exact) mass is 332 g/mol. The van der Waals surface area contributed by atoms with E-state index in [-0.39, 0.29) is 5.75 Å². The Kier molecular flexibility index (Phi) is 5.72. The number of hydrogen-bond donors (Lipinski definition) is 2. The van der Waals surface area contributed by atoms with Crippen LogP contribution in [0.25, 0.3) is 0 Å². The predicted octanol–water partition coefficient (Wildman–Crippen LogP) is 2.62. The molecule has 1 aliphatic rings. The molecule has 0 aliphatic heterocycles. The van der Waals surface area contributed by atoms with Crippen LogP contribution in [0.4, 0.5) is 5.69 Å². The van der Waals surface area contributed by atoms with Gasteiger partial charge in [-0.05, 0) is 44.4 Å². The summed E-state index contributed by atoms with van der Waals surface area (Å²) < 4.78 is 31.6. The quantitative estimate of drug-likeness (QED) is 0.682. The minimum Gasteiger partial charge on any atom is -0.497 e. The SMILES string of the molecule is COc1ccc(Cl)c(NS(=O)(=O)CCCCNC2CC2)c1. The summed E-state index contributed by atoms with van der Waals surface area (Å²) in [7, 11) is -1.86. The lowest BCUT2D eigenvalue weighted by Crippen LogP contribution is -2.20. The van der Waals surface area contributed by atoms with E-state index in [1.807, 2.05) is 0 Å². The highest BCUT2D eigenvalue weighted by Crippen LogP contribution is 2.27. The van der Waals surface area contributed by atoms with Gasteiger partial charge in [-0.3, -0.25) is 4.72 Å². The molecule has 0 saturated heterocycles. The number of sulfonamides is 1. The van der Waals surface area contributed by atoms with E-state index in [1.54, 1.807) is 18.2 Å². The summed E-state index contributed by atoms with van der Waals surface area (Å²) in [6, 6.07) is 5.53. The number of unbranched alkanes of at least 4 members (excludes halogenated alkanes) is 1. The molecule has 1 aliphatic carbocycles. The Morgan fingerprint density at radius 2 is 2.10 bits per heavy atom. The molecule has 0 radical (unpaired) electrons. The van der Waals surface area contributed by atoms with Gasteiger partial charge >= 0.3 is 0 Å². The van der Waals surface area contributed by atoms with Crippen molar-refractivity contribution in [2.45, 2.75) is 31.7 Å². The van der Waals surface area contributed by atoms with Gasteiger partial charge in [0.2, 0.25) is 10.0 Å². The van der Waals surface area contributed by atoms with E-state index in [1.165, 1.54) is 20.0 Å². The van der Waals surface area contributed by atoms with Crippen molar-refractivity contribution in [1.82, 2.24) is 5.32 Å². The van der Waals surface area contributed by atoms with Crippen molar-refractivity contribution in [1.29, 1.82) is 0 Å². The number of nitrogens with one attached hydrogen (secondary N) is 2. The number of methoxy groups -OCH3 is 1. The average Bonchev–Trinajstić information content (AvgIpc) is 3.24. The van der Waals surface area contributed by atoms with Gasteiger partial charge in [-0.2, -0.15) is 0 Å². The van der Waals surface area contributed by atoms with Crippen molar-refractivity contribution in [3.05, 3.63) is 23.2 Å². The molecule has 2 rings (SSSR count). The number of halogens is 1. The van der Waals surface area contributed by atoms with Crippen molar-refractivity contribution in [3.63, 3.8) is 0 Å². The fourth-order valence-corrected chi connectivity index (χ4v) is 3.35. The summed E-state index contributed by atoms with van der Waals surface area (Å²) in [5.41, 5.74) is 0.354. The van der Waals surface area contributed by atoms with Gasteiger partial charge in [-0.1, -0.05) is 11.6 Å². The van der Waals surface area contributed by atoms with Gasteiger partial charge < -0.3 is 10.1 Å². The van der Waals surface area contributed by atoms with Crippen LogP contribution in [0.5, 0.6) is 5.75 Å². The maximum absolute atomic E-state index is 12.0. The van der Waals surface area contributed by atoms with Crippen molar-refractivity contribution < 1.29 is 13.2 Å². The van der Waals surface area contributed by atoms with Crippen molar-refractivity contribution >= 4 is 27.3 Å². The Hall–Kier alpha value is -0.980. The maximum atomic E-state index is 12.0. The number of benzene rings is 1. The van der Waals surface area contributed by atoms with E-state index >= 15 is 0 Å². The summed E-state index contributed by atoms with van der Waals surface area (Å²) in [6.07, 6.45) is 3.96. The van der Waals surface area contributed by atoms with Crippen LogP contribution in [0.1, 0.15) is 25.7 Å². The van der Waals surface area contributed by atoms with E-state index < -0.39 is 10.0 Å². The largest absolute Gasteiger partial charge is 0.497 e. The van der Waals surface area contributed by atoms with E-state index in [2.05, 4.69) is 10.0 Å². The molecule has 1 aromatic rings. The van der Waals surface area contributed by atoms with E-state index in [0.717, 1.165) is 13.0 Å². The molecule has 0 bridgehead atoms. The van der Waals surface area contributed by atoms with Crippen LogP contribution in [0.15, 0.2) is 18.2 Å². The lowest BCUT2D eigenvalue weighted by molar-refractivity contribution is 0.415. The molecule has 118 valence electrons. The first-order valence-corrected chi connectivity index (χ1v) is 9.10. The maximum Gasteiger partial charge on any atom is 0.232 e. The Bertz CT molecular complexity index is 574. The Morgan fingerprint density at radius 3 is 2.76 bits per heavy atom. The van der Waals surface area contributed by atoms with Crippen molar-refractivity contribution in [3.8, 4) is 5.75 Å². The first kappa shape index (κ1) is 16.4. The summed E-state index contributed by atoms with van der Waals surface area (Å²) >= 11 is 5.99. The smallest absolute Gasteiger partial charge is 0.232 e. The van der Waals surface area contributed by atoms with Gasteiger partial charge in [0.05, 0.1) is 23.6 Å². The molecular formula is C14H21ClN2O3S. The van der Waals surface area contributed by atoms with Gasteiger partial charge in [0.15, 0.2) is 0 Å². The summed E-state index contributed by atoms with van der Waals surface area (Å²) in [6.45, 7) is 0.875. The molecule has 1 saturated carbocycles. The van der Waals surface area contributed by atoms with Gasteiger partial charge in [-0.25, -0.2) is 8.42 Å². The molecule has 1 aromatic carbocycles. The zero-order chi connectivity index (χ0) is 15.3. The van der Waals surface area contributed by atoms with Gasteiger partial charge in [-0.15, -0.1) is 0 Å². The fraction of sp³-hybridized carbons (Fsp3) is 0.571. The van der Waals surface area contributed by atoms with Crippen LogP contribution >= 0.6 is 11.6 Å². The Balaban J connectivity index is 1.81. The number of ether oxygens (including phenoxy) is 1. The first-order valence-electron chi connectivity index (χ1n) is 7.07. The second-order valence-corrected chi connectivity index (χ2v) is 7.45. The van der Waals surface area contributed by atoms with E-state index in [0.29, 0.717) is 28.9 Å². The summed E-state index contributed by atoms with van der Waals surface area (Å²) in [5.74, 6) is 0.651. The molecule has 0 aromatic heterocycles. The molecule has 1 fully saturated rings. The third-order valence-electron chi connectivity index (χ3n) is 3.29. The van der Waals surface area contributed by atoms with Gasteiger partial charge in [0.25, 0.3) is 0 Å². The normalized spacial score (nSPS) is 15.0. The number of hydrogen-bond acceptors (Lipinski definition) is 4. The van der Waals surface area contributed by atoms with Crippen LogP contribution in [-0.4, -0.2) is 33.9 Å². The van der Waals surface area contributed by atoms with Crippen LogP contribution in [0, 0.1) is 0 Å². The molecule has 0 heterocycles. The third-order valence-corrected chi connectivity index (χ3v) is 4.98. The second-order valence-electron chi connectivity index (χ2n) is 5.20. The highest BCUT2D eigenvalue weighted by molar-refractivity contribution is 7.92. The van der Waals surface area contributed by atoms with Crippen molar-refractivity contribution in [2.24, 2.45) is 0 Å². The summed E-state index contributed by atoms with van der Waals surface area (Å²) in [4.78, 5) is 0. The van der Waals surface area contributed by atoms with Gasteiger partial charge in [0, 0.05) is 12.1 Å². The topological polar surface area (TPSA) is 67.4 Å². The first-order chi connectivity index (χ1) is 10.00. The summed E-state index contributed by atoms with van der Waals surface area (Å²) in [5, 5.41) is 3.72. The van der Waals surface area contributed by atoms with E-state index in [4.69, 9.17) is 16.3 Å². The lowest BCUT2D eigenvalue weighted by atomic mass is 10.3. The van der Waals surface area contributed by atoms with E-state index in [9.17, 15) is 8.42 Å². The zero-order valence-corrected chi connectivity index (χ0v) is 13.6. The number of anilines is 1. The van der Waals surface area contributed by atoms with Gasteiger partial charge in [0.1, 0.15) is 5.75 Å². The Morgan fingerprint density at radius 1 is 1.33 bits per heavy atom. The molecule has 7 heteroatoms. The average molecular weight is 333 g/mol. The standard InChI is InChI=1S/C14H21ClN2O3S/c1-20-12-6-7-13(15)14(10-12)17-21(18,19)9-3-2-8-16-11-4-5-11/h6-7,10-11,16-17H,2-5,8-9H2,1H3. The highest BCUT2D eigenvalue weighted by atomic mass is 35.5. The number of rotatable bonds is 9. The molecule has 0 unspecified atom stereocenters. The molecule has 5 nitrogen and oxygen atoms in total. The van der Waals surface area contributed by atoms with Crippen LogP contribution in [0.2, 0.25) is 5.02 Å². The lowest BCUT2D eigenvalue weighted by Gasteiger charge is -2.11. The fourth-order valence-electron chi connectivity index (χ4n) is 1.94. The highest BCUT2D eigenvalue weighted by Gasteiger charge is 2.19. The van der Waals surface area contributed by atoms with Crippen LogP contribution < -0.4 is 14.8 Å². The zero-order valence-electron chi connectivity index (χ0n) is 12.1. The minimum atomic E-state index is -3.38. The predicted molar refractivity (Wildman–Crippen MR) is 85.7 cm³/mol. The molecule has 2 N–H and O–H groups in total. The Labute approximate surface area is 131 Å². The van der Waals surface area contributed by atoms with Crippen molar-refractivity contribution in [2.75, 3.05) is 24.1 Å². The van der Waals surface area contributed by atoms with Crippen LogP contribution in [0.3, 0.4) is 0 Å². The molecule has 0 atom stereocenters. The molecule has 21 heavy (non-hydrogen) atoms. The molecule has 0 amide bonds. The minimum absolute atomic E-state index is 0.0902. The third kappa shape index (κ3) is 5.73. The van der Waals surface area contributed by atoms with Crippen LogP contribution in [-0.2, 0) is 10.0 Å². The molecule has 0 spiro atoms. The second kappa shape index (κ2) is 7.33. The molecular weight excluding hydrogens is 312 g/mol.